The SMILES string of the molecule is O=C(Nc1ccnc2ccccc12)Nc1ccnc2ccccc12. The summed E-state index contributed by atoms with van der Waals surface area (Å²) in [7, 11) is 0. The van der Waals surface area contributed by atoms with E-state index in [1.807, 2.05) is 48.5 Å². The maximum atomic E-state index is 12.4. The molecule has 5 nitrogen and oxygen atoms in total. The van der Waals surface area contributed by atoms with Gasteiger partial charge >= 0.3 is 6.03 Å². The maximum absolute atomic E-state index is 12.4. The molecule has 2 heterocycles. The fraction of sp³-hybridized carbons (Fsp3) is 0. The largest absolute Gasteiger partial charge is 0.323 e. The second-order valence-electron chi connectivity index (χ2n) is 5.33. The number of aromatic nitrogens is 2. The van der Waals surface area contributed by atoms with E-state index in [1.165, 1.54) is 0 Å². The van der Waals surface area contributed by atoms with Crippen LogP contribution in [-0.4, -0.2) is 16.0 Å². The minimum Gasteiger partial charge on any atom is -0.307 e. The van der Waals surface area contributed by atoms with Crippen molar-refractivity contribution in [3.63, 3.8) is 0 Å². The smallest absolute Gasteiger partial charge is 0.307 e. The van der Waals surface area contributed by atoms with Gasteiger partial charge in [-0.1, -0.05) is 36.4 Å². The third-order valence-corrected chi connectivity index (χ3v) is 3.79. The number of carbonyl (C=O) groups is 1. The molecule has 4 rings (SSSR count). The van der Waals surface area contributed by atoms with Crippen LogP contribution < -0.4 is 10.6 Å². The monoisotopic (exact) mass is 314 g/mol. The molecule has 0 fully saturated rings. The van der Waals surface area contributed by atoms with Crippen molar-refractivity contribution < 1.29 is 4.79 Å². The summed E-state index contributed by atoms with van der Waals surface area (Å²) in [5, 5.41) is 7.57. The number of fused-ring (bicyclic) bond motifs is 2. The summed E-state index contributed by atoms with van der Waals surface area (Å²) in [4.78, 5) is 21.0. The number of amides is 2. The summed E-state index contributed by atoms with van der Waals surface area (Å²) >= 11 is 0. The summed E-state index contributed by atoms with van der Waals surface area (Å²) < 4.78 is 0. The zero-order chi connectivity index (χ0) is 16.4. The first kappa shape index (κ1) is 14.1. The second-order valence-corrected chi connectivity index (χ2v) is 5.33. The van der Waals surface area contributed by atoms with Crippen LogP contribution in [0.1, 0.15) is 0 Å². The lowest BCUT2D eigenvalue weighted by Crippen LogP contribution is -2.19. The van der Waals surface area contributed by atoms with Crippen LogP contribution in [0.3, 0.4) is 0 Å². The third-order valence-electron chi connectivity index (χ3n) is 3.79. The Labute approximate surface area is 138 Å². The first-order valence-electron chi connectivity index (χ1n) is 7.57. The number of urea groups is 1. The molecule has 0 aliphatic heterocycles. The van der Waals surface area contributed by atoms with Crippen molar-refractivity contribution in [1.29, 1.82) is 0 Å². The van der Waals surface area contributed by atoms with Crippen molar-refractivity contribution in [2.24, 2.45) is 0 Å². The number of hydrogen-bond donors (Lipinski definition) is 2. The minimum atomic E-state index is -0.303. The van der Waals surface area contributed by atoms with Crippen molar-refractivity contribution in [3.8, 4) is 0 Å². The van der Waals surface area contributed by atoms with Gasteiger partial charge in [-0.05, 0) is 24.3 Å². The molecule has 2 aromatic heterocycles. The lowest BCUT2D eigenvalue weighted by atomic mass is 10.2. The molecule has 24 heavy (non-hydrogen) atoms. The zero-order valence-electron chi connectivity index (χ0n) is 12.7. The van der Waals surface area contributed by atoms with Crippen LogP contribution in [-0.2, 0) is 0 Å². The van der Waals surface area contributed by atoms with Crippen LogP contribution in [0.15, 0.2) is 73.1 Å². The van der Waals surface area contributed by atoms with Crippen LogP contribution in [0.25, 0.3) is 21.8 Å². The van der Waals surface area contributed by atoms with E-state index in [4.69, 9.17) is 0 Å². The number of benzene rings is 2. The van der Waals surface area contributed by atoms with Gasteiger partial charge in [0, 0.05) is 23.2 Å². The van der Waals surface area contributed by atoms with Crippen molar-refractivity contribution in [1.82, 2.24) is 9.97 Å². The van der Waals surface area contributed by atoms with E-state index in [-0.39, 0.29) is 6.03 Å². The van der Waals surface area contributed by atoms with E-state index in [2.05, 4.69) is 20.6 Å². The molecule has 2 aromatic carbocycles. The highest BCUT2D eigenvalue weighted by molar-refractivity contribution is 6.08. The molecule has 116 valence electrons. The highest BCUT2D eigenvalue weighted by atomic mass is 16.2. The summed E-state index contributed by atoms with van der Waals surface area (Å²) in [6, 6.07) is 18.6. The first-order valence-corrected chi connectivity index (χ1v) is 7.57. The van der Waals surface area contributed by atoms with Gasteiger partial charge in [-0.3, -0.25) is 9.97 Å². The summed E-state index contributed by atoms with van der Waals surface area (Å²) in [5.41, 5.74) is 3.11. The predicted molar refractivity (Wildman–Crippen MR) is 96.1 cm³/mol. The molecular weight excluding hydrogens is 300 g/mol. The van der Waals surface area contributed by atoms with Crippen LogP contribution in [0.5, 0.6) is 0 Å². The number of para-hydroxylation sites is 2. The van der Waals surface area contributed by atoms with E-state index in [0.717, 1.165) is 33.2 Å². The highest BCUT2D eigenvalue weighted by Crippen LogP contribution is 2.23. The lowest BCUT2D eigenvalue weighted by Gasteiger charge is -2.11. The Morgan fingerprint density at radius 2 is 1.12 bits per heavy atom. The Kier molecular flexibility index (Phi) is 3.51. The predicted octanol–water partition coefficient (Wildman–Crippen LogP) is 4.43. The number of rotatable bonds is 2. The van der Waals surface area contributed by atoms with E-state index in [9.17, 15) is 4.79 Å². The summed E-state index contributed by atoms with van der Waals surface area (Å²) in [6.45, 7) is 0. The van der Waals surface area contributed by atoms with Gasteiger partial charge in [0.2, 0.25) is 0 Å². The Morgan fingerprint density at radius 1 is 0.667 bits per heavy atom. The first-order chi connectivity index (χ1) is 11.8. The van der Waals surface area contributed by atoms with Crippen LogP contribution in [0, 0.1) is 0 Å². The van der Waals surface area contributed by atoms with Gasteiger partial charge in [-0.15, -0.1) is 0 Å². The minimum absolute atomic E-state index is 0.303. The molecular formula is C19H14N4O. The topological polar surface area (TPSA) is 66.9 Å². The lowest BCUT2D eigenvalue weighted by molar-refractivity contribution is 0.262. The highest BCUT2D eigenvalue weighted by Gasteiger charge is 2.08. The normalized spacial score (nSPS) is 10.7. The number of nitrogens with one attached hydrogen (secondary N) is 2. The molecule has 0 aliphatic carbocycles. The van der Waals surface area contributed by atoms with Crippen molar-refractivity contribution >= 4 is 39.2 Å². The second kappa shape index (κ2) is 5.96. The van der Waals surface area contributed by atoms with Crippen molar-refractivity contribution in [3.05, 3.63) is 73.1 Å². The quantitative estimate of drug-likeness (QED) is 0.575. The fourth-order valence-corrected chi connectivity index (χ4v) is 2.69. The summed E-state index contributed by atoms with van der Waals surface area (Å²) in [5.74, 6) is 0. The molecule has 0 bridgehead atoms. The van der Waals surface area contributed by atoms with Crippen LogP contribution in [0.4, 0.5) is 16.2 Å². The Hall–Kier alpha value is -3.47. The van der Waals surface area contributed by atoms with Gasteiger partial charge in [0.05, 0.1) is 22.4 Å². The van der Waals surface area contributed by atoms with Gasteiger partial charge in [-0.25, -0.2) is 4.79 Å². The Balaban J connectivity index is 1.62. The average molecular weight is 314 g/mol. The molecule has 0 saturated heterocycles. The molecule has 0 unspecified atom stereocenters. The van der Waals surface area contributed by atoms with Gasteiger partial charge in [-0.2, -0.15) is 0 Å². The molecule has 0 aliphatic rings. The molecule has 0 atom stereocenters. The number of hydrogen-bond acceptors (Lipinski definition) is 3. The molecule has 2 amide bonds. The van der Waals surface area contributed by atoms with Crippen LogP contribution >= 0.6 is 0 Å². The molecule has 0 spiro atoms. The van der Waals surface area contributed by atoms with E-state index >= 15 is 0 Å². The maximum Gasteiger partial charge on any atom is 0.323 e. The van der Waals surface area contributed by atoms with Gasteiger partial charge in [0.25, 0.3) is 0 Å². The van der Waals surface area contributed by atoms with Gasteiger partial charge < -0.3 is 10.6 Å². The standard InChI is InChI=1S/C19H14N4O/c24-19(22-17-9-11-20-15-7-3-1-5-13(15)17)23-18-10-12-21-16-8-4-2-6-14(16)18/h1-12H,(H2,20,21,22,23,24). The Morgan fingerprint density at radius 3 is 1.62 bits per heavy atom. The third kappa shape index (κ3) is 2.63. The number of nitrogens with zero attached hydrogens (tertiary/aromatic N) is 2. The molecule has 0 radical (unpaired) electrons. The van der Waals surface area contributed by atoms with Crippen molar-refractivity contribution in [2.75, 3.05) is 10.6 Å². The van der Waals surface area contributed by atoms with Crippen LogP contribution in [0.2, 0.25) is 0 Å². The average Bonchev–Trinajstić information content (AvgIpc) is 2.62. The van der Waals surface area contributed by atoms with Gasteiger partial charge in [0.15, 0.2) is 0 Å². The molecule has 5 heteroatoms. The van der Waals surface area contributed by atoms with Crippen molar-refractivity contribution in [2.45, 2.75) is 0 Å². The van der Waals surface area contributed by atoms with E-state index in [1.54, 1.807) is 24.5 Å². The number of carbonyl (C=O) groups excluding carboxylic acids is 1. The summed E-state index contributed by atoms with van der Waals surface area (Å²) in [6.07, 6.45) is 3.36. The number of pyridine rings is 2. The van der Waals surface area contributed by atoms with Gasteiger partial charge in [0.1, 0.15) is 0 Å². The molecule has 2 N–H and O–H groups in total. The number of anilines is 2. The fourth-order valence-electron chi connectivity index (χ4n) is 2.69. The van der Waals surface area contributed by atoms with E-state index < -0.39 is 0 Å². The van der Waals surface area contributed by atoms with E-state index in [0.29, 0.717) is 0 Å². The Bertz CT molecular complexity index is 952. The molecule has 0 saturated carbocycles. The zero-order valence-corrected chi connectivity index (χ0v) is 12.7. The molecule has 4 aromatic rings.